The van der Waals surface area contributed by atoms with Gasteiger partial charge in [-0.1, -0.05) is 66.7 Å². The highest BCUT2D eigenvalue weighted by Gasteiger charge is 2.23. The third kappa shape index (κ3) is 5.10. The SMILES string of the molecule is CC(Oc1ccc2c(c1)CCCC2)C(=O)N(Cc1ccccc1)Cc1ccccc1. The Hall–Kier alpha value is -3.07. The molecule has 4 rings (SSSR count). The van der Waals surface area contributed by atoms with Crippen molar-refractivity contribution in [3.63, 3.8) is 0 Å². The third-order valence-electron chi connectivity index (χ3n) is 5.72. The Labute approximate surface area is 179 Å². The number of benzene rings is 3. The Morgan fingerprint density at radius 3 is 2.00 bits per heavy atom. The number of ether oxygens (including phenoxy) is 1. The molecule has 3 aromatic carbocycles. The van der Waals surface area contributed by atoms with E-state index < -0.39 is 6.10 Å². The molecule has 1 aliphatic rings. The minimum atomic E-state index is -0.543. The number of hydrogen-bond acceptors (Lipinski definition) is 2. The summed E-state index contributed by atoms with van der Waals surface area (Å²) < 4.78 is 6.11. The minimum absolute atomic E-state index is 0.000395. The Balaban J connectivity index is 1.49. The van der Waals surface area contributed by atoms with E-state index in [1.807, 2.05) is 54.3 Å². The molecule has 30 heavy (non-hydrogen) atoms. The standard InChI is InChI=1S/C27H29NO2/c1-21(30-26-17-16-24-14-8-9-15-25(24)18-26)27(29)28(19-22-10-4-2-5-11-22)20-23-12-6-3-7-13-23/h2-7,10-13,16-18,21H,8-9,14-15,19-20H2,1H3. The first-order valence-corrected chi connectivity index (χ1v) is 10.8. The number of carbonyl (C=O) groups is 1. The first kappa shape index (κ1) is 20.2. The molecule has 1 atom stereocenters. The lowest BCUT2D eigenvalue weighted by atomic mass is 9.92. The van der Waals surface area contributed by atoms with Crippen molar-refractivity contribution in [3.05, 3.63) is 101 Å². The Bertz CT molecular complexity index is 927. The number of nitrogens with zero attached hydrogens (tertiary/aromatic N) is 1. The minimum Gasteiger partial charge on any atom is -0.481 e. The lowest BCUT2D eigenvalue weighted by molar-refractivity contribution is -0.139. The average Bonchev–Trinajstić information content (AvgIpc) is 2.79. The van der Waals surface area contributed by atoms with Crippen LogP contribution in [0.4, 0.5) is 0 Å². The highest BCUT2D eigenvalue weighted by molar-refractivity contribution is 5.81. The van der Waals surface area contributed by atoms with Crippen molar-refractivity contribution in [3.8, 4) is 5.75 Å². The zero-order chi connectivity index (χ0) is 20.8. The van der Waals surface area contributed by atoms with Crippen LogP contribution in [0.15, 0.2) is 78.9 Å². The summed E-state index contributed by atoms with van der Waals surface area (Å²) in [4.78, 5) is 15.2. The van der Waals surface area contributed by atoms with Crippen LogP contribution in [0.2, 0.25) is 0 Å². The second-order valence-corrected chi connectivity index (χ2v) is 8.06. The van der Waals surface area contributed by atoms with E-state index in [1.54, 1.807) is 0 Å². The molecule has 0 bridgehead atoms. The molecular formula is C27H29NO2. The summed E-state index contributed by atoms with van der Waals surface area (Å²) in [5.41, 5.74) is 5.01. The van der Waals surface area contributed by atoms with Crippen LogP contribution in [-0.4, -0.2) is 16.9 Å². The fourth-order valence-corrected chi connectivity index (χ4v) is 4.11. The van der Waals surface area contributed by atoms with E-state index in [0.717, 1.165) is 29.7 Å². The van der Waals surface area contributed by atoms with E-state index >= 15 is 0 Å². The Morgan fingerprint density at radius 1 is 0.833 bits per heavy atom. The fraction of sp³-hybridized carbons (Fsp3) is 0.296. The number of rotatable bonds is 7. The van der Waals surface area contributed by atoms with Gasteiger partial charge in [0, 0.05) is 13.1 Å². The van der Waals surface area contributed by atoms with Crippen LogP contribution in [0.5, 0.6) is 5.75 Å². The average molecular weight is 400 g/mol. The van der Waals surface area contributed by atoms with Crippen LogP contribution in [0, 0.1) is 0 Å². The van der Waals surface area contributed by atoms with Gasteiger partial charge in [0.05, 0.1) is 0 Å². The van der Waals surface area contributed by atoms with Gasteiger partial charge in [-0.25, -0.2) is 0 Å². The van der Waals surface area contributed by atoms with Crippen LogP contribution in [0.3, 0.4) is 0 Å². The summed E-state index contributed by atoms with van der Waals surface area (Å²) in [5.74, 6) is 0.788. The van der Waals surface area contributed by atoms with Crippen LogP contribution in [-0.2, 0) is 30.7 Å². The Morgan fingerprint density at radius 2 is 1.40 bits per heavy atom. The molecule has 3 nitrogen and oxygen atoms in total. The summed E-state index contributed by atoms with van der Waals surface area (Å²) in [6.45, 7) is 2.98. The largest absolute Gasteiger partial charge is 0.481 e. The van der Waals surface area contributed by atoms with E-state index in [1.165, 1.54) is 24.0 Å². The third-order valence-corrected chi connectivity index (χ3v) is 5.72. The number of fused-ring (bicyclic) bond motifs is 1. The molecule has 0 saturated carbocycles. The molecule has 1 amide bonds. The molecule has 0 aliphatic heterocycles. The van der Waals surface area contributed by atoms with Crippen LogP contribution in [0.1, 0.15) is 42.0 Å². The van der Waals surface area contributed by atoms with Gasteiger partial charge in [0.15, 0.2) is 6.10 Å². The topological polar surface area (TPSA) is 29.5 Å². The summed E-state index contributed by atoms with van der Waals surface area (Å²) in [5, 5.41) is 0. The van der Waals surface area contributed by atoms with Gasteiger partial charge < -0.3 is 9.64 Å². The first-order valence-electron chi connectivity index (χ1n) is 10.8. The molecule has 154 valence electrons. The zero-order valence-electron chi connectivity index (χ0n) is 17.6. The number of amides is 1. The van der Waals surface area contributed by atoms with Crippen molar-refractivity contribution < 1.29 is 9.53 Å². The van der Waals surface area contributed by atoms with Crippen molar-refractivity contribution in [1.82, 2.24) is 4.90 Å². The molecule has 0 N–H and O–H groups in total. The van der Waals surface area contributed by atoms with E-state index in [9.17, 15) is 4.79 Å². The lowest BCUT2D eigenvalue weighted by Gasteiger charge is -2.27. The summed E-state index contributed by atoms with van der Waals surface area (Å²) >= 11 is 0. The van der Waals surface area contributed by atoms with Crippen LogP contribution in [0.25, 0.3) is 0 Å². The lowest BCUT2D eigenvalue weighted by Crippen LogP contribution is -2.39. The smallest absolute Gasteiger partial charge is 0.263 e. The molecule has 0 heterocycles. The van der Waals surface area contributed by atoms with E-state index in [4.69, 9.17) is 4.74 Å². The molecule has 1 unspecified atom stereocenters. The molecule has 0 radical (unpaired) electrons. The van der Waals surface area contributed by atoms with Gasteiger partial charge >= 0.3 is 0 Å². The van der Waals surface area contributed by atoms with Crippen molar-refractivity contribution in [1.29, 1.82) is 0 Å². The molecule has 0 saturated heterocycles. The van der Waals surface area contributed by atoms with Crippen molar-refractivity contribution in [2.45, 2.75) is 51.8 Å². The summed E-state index contributed by atoms with van der Waals surface area (Å²) in [7, 11) is 0. The first-order chi connectivity index (χ1) is 14.7. The molecule has 3 heteroatoms. The molecule has 0 aromatic heterocycles. The van der Waals surface area contributed by atoms with Crippen molar-refractivity contribution in [2.75, 3.05) is 0 Å². The van der Waals surface area contributed by atoms with E-state index in [-0.39, 0.29) is 5.91 Å². The monoisotopic (exact) mass is 399 g/mol. The normalized spacial score (nSPS) is 13.9. The zero-order valence-corrected chi connectivity index (χ0v) is 17.6. The van der Waals surface area contributed by atoms with Crippen molar-refractivity contribution in [2.24, 2.45) is 0 Å². The van der Waals surface area contributed by atoms with Crippen LogP contribution >= 0.6 is 0 Å². The highest BCUT2D eigenvalue weighted by atomic mass is 16.5. The van der Waals surface area contributed by atoms with Crippen molar-refractivity contribution >= 4 is 5.91 Å². The fourth-order valence-electron chi connectivity index (χ4n) is 4.11. The maximum absolute atomic E-state index is 13.3. The summed E-state index contributed by atoms with van der Waals surface area (Å²) in [6.07, 6.45) is 4.19. The maximum Gasteiger partial charge on any atom is 0.263 e. The second kappa shape index (κ2) is 9.62. The van der Waals surface area contributed by atoms with Gasteiger partial charge in [-0.3, -0.25) is 4.79 Å². The number of carbonyl (C=O) groups excluding carboxylic acids is 1. The number of hydrogen-bond donors (Lipinski definition) is 0. The molecule has 3 aromatic rings. The molecular weight excluding hydrogens is 370 g/mol. The molecule has 0 spiro atoms. The second-order valence-electron chi connectivity index (χ2n) is 8.06. The van der Waals surface area contributed by atoms with Gasteiger partial charge in [0.1, 0.15) is 5.75 Å². The van der Waals surface area contributed by atoms with E-state index in [2.05, 4.69) is 36.4 Å². The van der Waals surface area contributed by atoms with Gasteiger partial charge in [0.2, 0.25) is 0 Å². The van der Waals surface area contributed by atoms with Gasteiger partial charge in [-0.15, -0.1) is 0 Å². The van der Waals surface area contributed by atoms with Crippen LogP contribution < -0.4 is 4.74 Å². The van der Waals surface area contributed by atoms with Gasteiger partial charge in [-0.2, -0.15) is 0 Å². The maximum atomic E-state index is 13.3. The predicted molar refractivity (Wildman–Crippen MR) is 120 cm³/mol. The van der Waals surface area contributed by atoms with Gasteiger partial charge in [-0.05, 0) is 67.0 Å². The predicted octanol–water partition coefficient (Wildman–Crippen LogP) is 5.56. The summed E-state index contributed by atoms with van der Waals surface area (Å²) in [6, 6.07) is 26.5. The number of aryl methyl sites for hydroxylation is 2. The highest BCUT2D eigenvalue weighted by Crippen LogP contribution is 2.26. The molecule has 1 aliphatic carbocycles. The van der Waals surface area contributed by atoms with E-state index in [0.29, 0.717) is 13.1 Å². The molecule has 0 fully saturated rings. The quantitative estimate of drug-likeness (QED) is 0.520. The van der Waals surface area contributed by atoms with Gasteiger partial charge in [0.25, 0.3) is 5.91 Å². The Kier molecular flexibility index (Phi) is 6.48.